The van der Waals surface area contributed by atoms with Gasteiger partial charge in [-0.1, -0.05) is 171 Å². The van der Waals surface area contributed by atoms with Crippen molar-refractivity contribution in [3.8, 4) is 5.75 Å². The summed E-state index contributed by atoms with van der Waals surface area (Å²) in [6, 6.07) is 38.6. The van der Waals surface area contributed by atoms with E-state index < -0.39 is 14.0 Å². The summed E-state index contributed by atoms with van der Waals surface area (Å²) in [6.07, 6.45) is 0. The number of hydrogen-bond acceptors (Lipinski definition) is 5. The van der Waals surface area contributed by atoms with Gasteiger partial charge in [0.1, 0.15) is 22.5 Å². The second-order valence-corrected chi connectivity index (χ2v) is 16.9. The zero-order chi connectivity index (χ0) is 40.1. The largest absolute Gasteiger partial charge is 0.507 e. The van der Waals surface area contributed by atoms with Gasteiger partial charge in [0.2, 0.25) is 5.43 Å². The molecule has 14 heteroatoms. The van der Waals surface area contributed by atoms with E-state index in [-0.39, 0.29) is 283 Å². The number of ether oxygens (including phenoxy) is 1. The summed E-state index contributed by atoms with van der Waals surface area (Å²) in [5.74, 6) is -0.584. The van der Waals surface area contributed by atoms with E-state index in [1.165, 1.54) is 12.7 Å². The Morgan fingerprint density at radius 1 is 0.522 bits per heavy atom. The Morgan fingerprint density at radius 3 is 1.26 bits per heavy atom. The van der Waals surface area contributed by atoms with Crippen molar-refractivity contribution < 1.29 is 226 Å². The molecule has 0 unspecified atom stereocenters. The van der Waals surface area contributed by atoms with E-state index in [9.17, 15) is 14.7 Å². The first-order valence-corrected chi connectivity index (χ1v) is 22.3. The second-order valence-electron chi connectivity index (χ2n) is 11.9. The third-order valence-electron chi connectivity index (χ3n) is 7.67. The van der Waals surface area contributed by atoms with Crippen molar-refractivity contribution in [2.75, 3.05) is 7.11 Å². The van der Waals surface area contributed by atoms with E-state index in [2.05, 4.69) is 55.6 Å². The van der Waals surface area contributed by atoms with E-state index in [0.29, 0.717) is 21.9 Å². The van der Waals surface area contributed by atoms with E-state index >= 15 is 0 Å². The number of methoxy groups -OCH3 is 1. The van der Waals surface area contributed by atoms with E-state index in [0.717, 1.165) is 21.5 Å². The van der Waals surface area contributed by atoms with Gasteiger partial charge in [-0.05, 0) is 64.9 Å². The minimum atomic E-state index is -1.08. The molecule has 1 N–H and O–H groups in total. The summed E-state index contributed by atoms with van der Waals surface area (Å²) in [7, 11) is 0.211. The fraction of sp³-hybridized carbons (Fsp3) is 0.236. The van der Waals surface area contributed by atoms with Crippen molar-refractivity contribution in [2.45, 2.75) is 82.0 Å². The minimum absolute atomic E-state index is 0. The third-order valence-corrected chi connectivity index (χ3v) is 9.84. The van der Waals surface area contributed by atoms with Gasteiger partial charge in [0.25, 0.3) is 0 Å². The van der Waals surface area contributed by atoms with Crippen molar-refractivity contribution in [2.24, 2.45) is 0 Å². The molecular weight excluding hydrogens is 1890 g/mol. The summed E-state index contributed by atoms with van der Waals surface area (Å²) in [4.78, 5) is 23.8. The summed E-state index contributed by atoms with van der Waals surface area (Å²) in [5.41, 5.74) is 2.95. The number of carbonyl (C=O) groups is 1. The van der Waals surface area contributed by atoms with Gasteiger partial charge in [-0.25, -0.2) is 4.79 Å². The van der Waals surface area contributed by atoms with Crippen LogP contribution in [0.25, 0.3) is 43.5 Å². The van der Waals surface area contributed by atoms with Gasteiger partial charge in [-0.15, -0.1) is 0 Å². The smallest absolute Gasteiger partial charge is 0.341 e. The Kier molecular flexibility index (Phi) is 106. The molecule has 0 saturated heterocycles. The van der Waals surface area contributed by atoms with Crippen LogP contribution in [0.3, 0.4) is 0 Å². The number of rotatable bonds is 2. The van der Waals surface area contributed by atoms with Crippen molar-refractivity contribution in [1.82, 2.24) is 0 Å². The van der Waals surface area contributed by atoms with Gasteiger partial charge in [0, 0.05) is 207 Å². The molecule has 7 aromatic rings. The van der Waals surface area contributed by atoms with Crippen LogP contribution in [0.2, 0.25) is 19.6 Å². The molecule has 0 aliphatic heterocycles. The predicted octanol–water partition coefficient (Wildman–Crippen LogP) is 16.7. The number of carbonyl (C=O) groups excluding carboxylic acids is 1. The topological polar surface area (TPSA) is 76.7 Å². The van der Waals surface area contributed by atoms with Gasteiger partial charge >= 0.3 is 5.97 Å². The SMILES string of the molecule is CC.CC.CC.CC.COC(=O)c1cc2ccccc2cc1O.Cc1ccccc1[Si](C)(C)C.O=c1c2ccccc2oc2cc3ccccc3cc12.[CH3-].[CH3-].[CH3-].[CH3-].[CH3-].[CH3-].[CH3-].[CH3-].[U].[U].[V].[V].[W].[W].[Y].[Y]. The Bertz CT molecular complexity index is 2260. The zero-order valence-electron chi connectivity index (χ0n) is 46.0. The van der Waals surface area contributed by atoms with Crippen molar-refractivity contribution >= 4 is 62.7 Å². The van der Waals surface area contributed by atoms with Gasteiger partial charge in [-0.3, -0.25) is 4.79 Å². The first-order chi connectivity index (χ1) is 25.6. The third kappa shape index (κ3) is 36.3. The molecule has 5 nitrogen and oxygen atoms in total. The number of aromatic hydroxyl groups is 1. The standard InChI is InChI=1S/C17H10O2.C12H10O3.C10H16Si.4C2H6.8CH3.2U.2V.2W.2Y/c18-17-13-7-3-4-8-15(13)19-16-10-12-6-2-1-5-11(12)9-14(16)17;1-15-12(14)10-6-8-4-2-3-5-9(8)7-11(10)13;1-9-7-5-6-8-10(9)11(2,3)4;4*1-2;;;;;;;;;;;;;;;;/h1-10H;2-7,13H,1H3;5-8H,1-4H3;4*1-2H3;8*1H3;;;;;;;;/q;;;;;;;8*-1;;;;;;;;. The van der Waals surface area contributed by atoms with Crippen molar-refractivity contribution in [3.05, 3.63) is 202 Å². The fourth-order valence-corrected chi connectivity index (χ4v) is 7.27. The fourth-order valence-electron chi connectivity index (χ4n) is 5.40. The molecule has 382 valence electrons. The summed E-state index contributed by atoms with van der Waals surface area (Å²) < 4.78 is 10.4. The molecule has 1 heterocycles. The molecule has 0 fully saturated rings. The van der Waals surface area contributed by atoms with Gasteiger partial charge < -0.3 is 73.7 Å². The van der Waals surface area contributed by atoms with Crippen LogP contribution in [0.5, 0.6) is 5.75 Å². The normalized spacial score (nSPS) is 7.55. The Morgan fingerprint density at radius 2 is 0.870 bits per heavy atom. The van der Waals surface area contributed by atoms with Crippen LogP contribution in [0, 0.1) is 129 Å². The first kappa shape index (κ1) is 115. The average Bonchev–Trinajstić information content (AvgIpc) is 3.20. The first-order valence-electron chi connectivity index (χ1n) is 18.8. The van der Waals surface area contributed by atoms with Crippen LogP contribution in [-0.2, 0) is 149 Å². The van der Waals surface area contributed by atoms with Crippen LogP contribution >= 0.6 is 0 Å². The molecule has 1 aromatic heterocycles. The molecule has 69 heavy (non-hydrogen) atoms. The van der Waals surface area contributed by atoms with Crippen LogP contribution in [0.1, 0.15) is 71.3 Å². The number of hydrogen-bond donors (Lipinski definition) is 1. The Hall–Kier alpha value is 1.65. The Labute approximate surface area is 576 Å². The van der Waals surface area contributed by atoms with E-state index in [4.69, 9.17) is 4.42 Å². The number of benzene rings is 6. The molecule has 0 atom stereocenters. The Balaban J connectivity index is -0.0000000373. The van der Waals surface area contributed by atoms with Crippen LogP contribution in [0.15, 0.2) is 131 Å². The van der Waals surface area contributed by atoms with Crippen LogP contribution in [0.4, 0.5) is 0 Å². The summed E-state index contributed by atoms with van der Waals surface area (Å²) >= 11 is 0. The second kappa shape index (κ2) is 63.9. The van der Waals surface area contributed by atoms with Gasteiger partial charge in [0.05, 0.1) is 26.0 Å². The van der Waals surface area contributed by atoms with Crippen LogP contribution in [-0.4, -0.2) is 26.3 Å². The molecule has 7 rings (SSSR count). The number of phenols is 1. The monoisotopic (exact) mass is 1980 g/mol. The average molecular weight is 1980 g/mol. The van der Waals surface area contributed by atoms with E-state index in [1.807, 2.05) is 134 Å². The summed E-state index contributed by atoms with van der Waals surface area (Å²) in [5, 5.41) is 16.4. The molecule has 4 radical (unpaired) electrons. The number of aryl methyl sites for hydroxylation is 1. The minimum Gasteiger partial charge on any atom is -0.507 e. The van der Waals surface area contributed by atoms with Crippen LogP contribution < -0.4 is 10.6 Å². The van der Waals surface area contributed by atoms with Crippen molar-refractivity contribution in [1.29, 1.82) is 0 Å². The summed E-state index contributed by atoms with van der Waals surface area (Å²) in [6.45, 7) is 25.4. The van der Waals surface area contributed by atoms with Gasteiger partial charge in [-0.2, -0.15) is 0 Å². The van der Waals surface area contributed by atoms with Gasteiger partial charge in [0.15, 0.2) is 0 Å². The molecule has 0 saturated carbocycles. The number of esters is 1. The molecule has 6 aromatic carbocycles. The molecule has 0 spiro atoms. The number of phenolic OH excluding ortho intramolecular Hbond substituents is 1. The molecule has 0 bridgehead atoms. The van der Waals surface area contributed by atoms with E-state index in [1.54, 1.807) is 23.4 Å². The molecule has 0 aliphatic carbocycles. The zero-order valence-corrected chi connectivity index (χ0v) is 69.7. The molecular formula is C55H84O5SiU2V2W2Y2-8. The maximum Gasteiger partial charge on any atom is 0.341 e. The maximum atomic E-state index is 12.5. The van der Waals surface area contributed by atoms with Crippen molar-refractivity contribution in [3.63, 3.8) is 0 Å². The molecule has 0 aliphatic rings. The maximum absolute atomic E-state index is 12.5. The quantitative estimate of drug-likeness (QED) is 0.0808. The predicted molar refractivity (Wildman–Crippen MR) is 285 cm³/mol. The number of fused-ring (bicyclic) bond motifs is 4. The number of para-hydroxylation sites is 1. The molecule has 0 amide bonds.